The van der Waals surface area contributed by atoms with Crippen LogP contribution < -0.4 is 5.32 Å². The summed E-state index contributed by atoms with van der Waals surface area (Å²) in [6.45, 7) is -0.0165. The minimum Gasteiger partial charge on any atom is -0.392 e. The fraction of sp³-hybridized carbons (Fsp3) is 0.0556. The Hall–Kier alpha value is -3.23. The molecule has 0 aliphatic rings. The molecule has 112 valence electrons. The molecule has 0 saturated heterocycles. The van der Waals surface area contributed by atoms with E-state index in [2.05, 4.69) is 21.4 Å². The Morgan fingerprint density at radius 2 is 1.96 bits per heavy atom. The Kier molecular flexibility index (Phi) is 4.27. The predicted octanol–water partition coefficient (Wildman–Crippen LogP) is 3.25. The molecule has 0 unspecified atom stereocenters. The minimum atomic E-state index is -0.0165. The third kappa shape index (κ3) is 3.51. The largest absolute Gasteiger partial charge is 0.392 e. The maximum Gasteiger partial charge on any atom is 0.227 e. The van der Waals surface area contributed by atoms with Crippen LogP contribution >= 0.6 is 0 Å². The fourth-order valence-corrected chi connectivity index (χ4v) is 2.20. The molecule has 3 rings (SSSR count). The van der Waals surface area contributed by atoms with Crippen LogP contribution in [0.4, 0.5) is 11.6 Å². The van der Waals surface area contributed by atoms with Crippen molar-refractivity contribution in [3.05, 3.63) is 71.9 Å². The van der Waals surface area contributed by atoms with E-state index in [1.807, 2.05) is 36.4 Å². The van der Waals surface area contributed by atoms with Crippen LogP contribution in [0.3, 0.4) is 0 Å². The van der Waals surface area contributed by atoms with Crippen LogP contribution in [0.15, 0.2) is 60.8 Å². The lowest BCUT2D eigenvalue weighted by Crippen LogP contribution is -1.98. The highest BCUT2D eigenvalue weighted by molar-refractivity contribution is 5.63. The third-order valence-corrected chi connectivity index (χ3v) is 3.31. The summed E-state index contributed by atoms with van der Waals surface area (Å²) < 4.78 is 0. The maximum atomic E-state index is 9.18. The number of hydrogen-bond donors (Lipinski definition) is 2. The highest BCUT2D eigenvalue weighted by Crippen LogP contribution is 2.20. The lowest BCUT2D eigenvalue weighted by molar-refractivity contribution is 0.282. The fourth-order valence-electron chi connectivity index (χ4n) is 2.20. The number of nitrogens with zero attached hydrogens (tertiary/aromatic N) is 3. The van der Waals surface area contributed by atoms with Crippen LogP contribution in [0.1, 0.15) is 11.1 Å². The van der Waals surface area contributed by atoms with Crippen molar-refractivity contribution in [1.82, 2.24) is 9.97 Å². The van der Waals surface area contributed by atoms with Gasteiger partial charge in [0.1, 0.15) is 0 Å². The van der Waals surface area contributed by atoms with Gasteiger partial charge in [-0.25, -0.2) is 9.97 Å². The molecule has 1 heterocycles. The van der Waals surface area contributed by atoms with Crippen molar-refractivity contribution in [1.29, 1.82) is 5.26 Å². The molecule has 0 bridgehead atoms. The van der Waals surface area contributed by atoms with Gasteiger partial charge in [-0.1, -0.05) is 24.3 Å². The number of aliphatic hydroxyl groups excluding tert-OH is 1. The van der Waals surface area contributed by atoms with E-state index in [1.54, 1.807) is 24.4 Å². The van der Waals surface area contributed by atoms with Gasteiger partial charge in [0.2, 0.25) is 5.95 Å². The van der Waals surface area contributed by atoms with Crippen LogP contribution in [-0.4, -0.2) is 15.1 Å². The van der Waals surface area contributed by atoms with Gasteiger partial charge in [-0.2, -0.15) is 5.26 Å². The third-order valence-electron chi connectivity index (χ3n) is 3.31. The number of nitrogens with one attached hydrogen (secondary N) is 1. The molecular weight excluding hydrogens is 288 g/mol. The average Bonchev–Trinajstić information content (AvgIpc) is 2.62. The van der Waals surface area contributed by atoms with Crippen LogP contribution in [-0.2, 0) is 6.61 Å². The second-order valence-electron chi connectivity index (χ2n) is 4.94. The summed E-state index contributed by atoms with van der Waals surface area (Å²) >= 11 is 0. The molecule has 23 heavy (non-hydrogen) atoms. The molecule has 0 spiro atoms. The van der Waals surface area contributed by atoms with E-state index in [-0.39, 0.29) is 6.61 Å². The molecule has 0 aliphatic carbocycles. The van der Waals surface area contributed by atoms with Crippen LogP contribution in [0.5, 0.6) is 0 Å². The molecule has 3 aromatic rings. The standard InChI is InChI=1S/C18H14N4O/c19-11-13-3-1-5-15(9-13)17-7-8-20-18(22-17)21-16-6-2-4-14(10-16)12-23/h1-10,23H,12H2,(H,20,21,22). The number of nitriles is 1. The highest BCUT2D eigenvalue weighted by Gasteiger charge is 2.04. The smallest absolute Gasteiger partial charge is 0.227 e. The van der Waals surface area contributed by atoms with E-state index in [4.69, 9.17) is 5.26 Å². The first-order valence-corrected chi connectivity index (χ1v) is 7.09. The number of hydrogen-bond acceptors (Lipinski definition) is 5. The van der Waals surface area contributed by atoms with Crippen molar-refractivity contribution in [3.8, 4) is 17.3 Å². The summed E-state index contributed by atoms with van der Waals surface area (Å²) in [7, 11) is 0. The van der Waals surface area contributed by atoms with Crippen molar-refractivity contribution in [3.63, 3.8) is 0 Å². The number of anilines is 2. The Bertz CT molecular complexity index is 871. The zero-order chi connectivity index (χ0) is 16.1. The lowest BCUT2D eigenvalue weighted by atomic mass is 10.1. The van der Waals surface area contributed by atoms with E-state index in [0.717, 1.165) is 22.5 Å². The van der Waals surface area contributed by atoms with Gasteiger partial charge in [0.25, 0.3) is 0 Å². The van der Waals surface area contributed by atoms with Crippen molar-refractivity contribution in [2.75, 3.05) is 5.32 Å². The molecule has 0 amide bonds. The Labute approximate surface area is 133 Å². The Balaban J connectivity index is 1.89. The first-order valence-electron chi connectivity index (χ1n) is 7.09. The summed E-state index contributed by atoms with van der Waals surface area (Å²) in [4.78, 5) is 8.68. The number of aliphatic hydroxyl groups is 1. The summed E-state index contributed by atoms with van der Waals surface area (Å²) in [6.07, 6.45) is 1.67. The molecule has 0 atom stereocenters. The van der Waals surface area contributed by atoms with Gasteiger partial charge in [-0.3, -0.25) is 0 Å². The van der Waals surface area contributed by atoms with E-state index >= 15 is 0 Å². The second kappa shape index (κ2) is 6.69. The van der Waals surface area contributed by atoms with Crippen LogP contribution in [0.25, 0.3) is 11.3 Å². The molecular formula is C18H14N4O. The van der Waals surface area contributed by atoms with E-state index in [1.165, 1.54) is 0 Å². The monoisotopic (exact) mass is 302 g/mol. The second-order valence-corrected chi connectivity index (χ2v) is 4.94. The van der Waals surface area contributed by atoms with Gasteiger partial charge < -0.3 is 10.4 Å². The molecule has 5 nitrogen and oxygen atoms in total. The van der Waals surface area contributed by atoms with Gasteiger partial charge >= 0.3 is 0 Å². The zero-order valence-electron chi connectivity index (χ0n) is 12.3. The normalized spacial score (nSPS) is 10.1. The minimum absolute atomic E-state index is 0.0165. The lowest BCUT2D eigenvalue weighted by Gasteiger charge is -2.08. The first kappa shape index (κ1) is 14.7. The van der Waals surface area contributed by atoms with Crippen molar-refractivity contribution in [2.24, 2.45) is 0 Å². The van der Waals surface area contributed by atoms with Crippen molar-refractivity contribution >= 4 is 11.6 Å². The molecule has 0 radical (unpaired) electrons. The number of aromatic nitrogens is 2. The molecule has 0 aliphatic heterocycles. The van der Waals surface area contributed by atoms with Gasteiger partial charge in [0.15, 0.2) is 0 Å². The molecule has 2 aromatic carbocycles. The Morgan fingerprint density at radius 3 is 2.78 bits per heavy atom. The molecule has 2 N–H and O–H groups in total. The van der Waals surface area contributed by atoms with Gasteiger partial charge in [0, 0.05) is 17.4 Å². The van der Waals surface area contributed by atoms with E-state index < -0.39 is 0 Å². The Morgan fingerprint density at radius 1 is 1.09 bits per heavy atom. The van der Waals surface area contributed by atoms with E-state index in [9.17, 15) is 5.11 Å². The zero-order valence-corrected chi connectivity index (χ0v) is 12.3. The summed E-state index contributed by atoms with van der Waals surface area (Å²) in [5, 5.41) is 21.3. The van der Waals surface area contributed by atoms with Gasteiger partial charge in [0.05, 0.1) is 23.9 Å². The van der Waals surface area contributed by atoms with E-state index in [0.29, 0.717) is 11.5 Å². The first-order chi connectivity index (χ1) is 11.3. The summed E-state index contributed by atoms with van der Waals surface area (Å²) in [5.74, 6) is 0.458. The average molecular weight is 302 g/mol. The SMILES string of the molecule is N#Cc1cccc(-c2ccnc(Nc3cccc(CO)c3)n2)c1. The van der Waals surface area contributed by atoms with Gasteiger partial charge in [-0.05, 0) is 35.9 Å². The van der Waals surface area contributed by atoms with Crippen molar-refractivity contribution in [2.45, 2.75) is 6.61 Å². The summed E-state index contributed by atoms with van der Waals surface area (Å²) in [6, 6.07) is 18.6. The number of rotatable bonds is 4. The highest BCUT2D eigenvalue weighted by atomic mass is 16.3. The quantitative estimate of drug-likeness (QED) is 0.773. The summed E-state index contributed by atoms with van der Waals surface area (Å²) in [5.41, 5.74) is 3.80. The van der Waals surface area contributed by atoms with Crippen molar-refractivity contribution < 1.29 is 5.11 Å². The number of benzene rings is 2. The topological polar surface area (TPSA) is 81.8 Å². The molecule has 0 saturated carbocycles. The van der Waals surface area contributed by atoms with Crippen LogP contribution in [0.2, 0.25) is 0 Å². The predicted molar refractivity (Wildman–Crippen MR) is 87.8 cm³/mol. The van der Waals surface area contributed by atoms with Crippen LogP contribution in [0, 0.1) is 11.3 Å². The van der Waals surface area contributed by atoms with Gasteiger partial charge in [-0.15, -0.1) is 0 Å². The molecule has 0 fully saturated rings. The molecule has 1 aromatic heterocycles. The molecule has 5 heteroatoms. The maximum absolute atomic E-state index is 9.18.